The van der Waals surface area contributed by atoms with Crippen LogP contribution in [0.15, 0.2) is 11.6 Å². The molecule has 0 bridgehead atoms. The normalized spacial score (nSPS) is 43.6. The topological polar surface area (TPSA) is 99.1 Å². The molecule has 3 fully saturated rings. The fraction of sp³-hybridized carbons (Fsp3) is 0.808. The van der Waals surface area contributed by atoms with Gasteiger partial charge in [-0.25, -0.2) is 0 Å². The molecule has 0 aromatic carbocycles. The van der Waals surface area contributed by atoms with Gasteiger partial charge in [-0.15, -0.1) is 0 Å². The van der Waals surface area contributed by atoms with Crippen molar-refractivity contribution in [2.75, 3.05) is 6.61 Å². The van der Waals surface area contributed by atoms with Crippen LogP contribution in [0, 0.1) is 28.6 Å². The average Bonchev–Trinajstić information content (AvgIpc) is 2.71. The molecule has 0 radical (unpaired) electrons. The Bertz CT molecular complexity index is 902. The van der Waals surface area contributed by atoms with Crippen LogP contribution in [0.2, 0.25) is 0 Å². The lowest BCUT2D eigenvalue weighted by Crippen LogP contribution is -2.69. The van der Waals surface area contributed by atoms with E-state index < -0.39 is 5.60 Å². The Morgan fingerprint density at radius 2 is 1.74 bits per heavy atom. The summed E-state index contributed by atoms with van der Waals surface area (Å²) in [5.41, 5.74) is -0.279. The van der Waals surface area contributed by atoms with Crippen LogP contribution in [0.1, 0.15) is 73.1 Å². The Labute approximate surface area is 210 Å². The molecule has 0 aromatic rings. The molecule has 1 N–H and O–H groups in total. The summed E-state index contributed by atoms with van der Waals surface area (Å²) in [6.45, 7) is 8.90. The highest BCUT2D eigenvalue weighted by molar-refractivity contribution is 9.09. The lowest BCUT2D eigenvalue weighted by molar-refractivity contribution is -0.254. The molecule has 0 aliphatic heterocycles. The first kappa shape index (κ1) is 25.7. The number of fused-ring (bicyclic) bond motifs is 5. The van der Waals surface area contributed by atoms with Crippen LogP contribution < -0.4 is 0 Å². The van der Waals surface area contributed by atoms with Gasteiger partial charge in [-0.05, 0) is 49.4 Å². The third-order valence-corrected chi connectivity index (χ3v) is 10.6. The quantitative estimate of drug-likeness (QED) is 0.242. The van der Waals surface area contributed by atoms with E-state index in [1.807, 2.05) is 0 Å². The first-order chi connectivity index (χ1) is 15.8. The summed E-state index contributed by atoms with van der Waals surface area (Å²) in [5.74, 6) is -1.10. The van der Waals surface area contributed by atoms with Crippen LogP contribution in [0.4, 0.5) is 0 Å². The lowest BCUT2D eigenvalue weighted by Gasteiger charge is -2.67. The highest BCUT2D eigenvalue weighted by Gasteiger charge is 2.68. The Morgan fingerprint density at radius 3 is 2.29 bits per heavy atom. The fourth-order valence-electron chi connectivity index (χ4n) is 7.49. The van der Waals surface area contributed by atoms with Gasteiger partial charge < -0.3 is 19.3 Å². The van der Waals surface area contributed by atoms with Crippen molar-refractivity contribution in [2.24, 2.45) is 28.6 Å². The summed E-state index contributed by atoms with van der Waals surface area (Å²) in [6, 6.07) is 0. The molecule has 7 nitrogen and oxygen atoms in total. The third-order valence-electron chi connectivity index (χ3n) is 9.22. The van der Waals surface area contributed by atoms with Gasteiger partial charge in [0.1, 0.15) is 18.8 Å². The molecule has 4 aliphatic carbocycles. The van der Waals surface area contributed by atoms with Crippen LogP contribution >= 0.6 is 15.9 Å². The van der Waals surface area contributed by atoms with Gasteiger partial charge in [0.25, 0.3) is 0 Å². The fourth-order valence-corrected chi connectivity index (χ4v) is 7.99. The highest BCUT2D eigenvalue weighted by atomic mass is 79.9. The molecule has 0 spiro atoms. The largest absolute Gasteiger partial charge is 0.465 e. The summed E-state index contributed by atoms with van der Waals surface area (Å²) in [5, 5.41) is 11.8. The summed E-state index contributed by atoms with van der Waals surface area (Å²) < 4.78 is 16.9. The number of rotatable bonds is 5. The van der Waals surface area contributed by atoms with Gasteiger partial charge in [0.15, 0.2) is 0 Å². The predicted molar refractivity (Wildman–Crippen MR) is 128 cm³/mol. The summed E-state index contributed by atoms with van der Waals surface area (Å²) in [4.78, 5) is 35.3. The van der Waals surface area contributed by atoms with Crippen molar-refractivity contribution >= 4 is 33.8 Å². The molecule has 0 heterocycles. The van der Waals surface area contributed by atoms with E-state index in [1.165, 1.54) is 26.3 Å². The number of halogens is 1. The van der Waals surface area contributed by atoms with Crippen molar-refractivity contribution in [2.45, 2.75) is 95.8 Å². The van der Waals surface area contributed by atoms with Crippen molar-refractivity contribution in [1.29, 1.82) is 0 Å². The van der Waals surface area contributed by atoms with Crippen molar-refractivity contribution < 1.29 is 33.7 Å². The van der Waals surface area contributed by atoms with Gasteiger partial charge in [0.2, 0.25) is 0 Å². The smallest absolute Gasteiger partial charge is 0.302 e. The molecule has 190 valence electrons. The zero-order valence-corrected chi connectivity index (χ0v) is 22.4. The zero-order chi connectivity index (χ0) is 25.1. The minimum absolute atomic E-state index is 0.0144. The van der Waals surface area contributed by atoms with Crippen LogP contribution in [-0.2, 0) is 28.6 Å². The molecular weight excluding hydrogens is 504 g/mol. The van der Waals surface area contributed by atoms with Gasteiger partial charge in [-0.2, -0.15) is 0 Å². The summed E-state index contributed by atoms with van der Waals surface area (Å²) in [7, 11) is 0. The maximum Gasteiger partial charge on any atom is 0.302 e. The van der Waals surface area contributed by atoms with E-state index in [1.54, 1.807) is 0 Å². The van der Waals surface area contributed by atoms with E-state index in [4.69, 9.17) is 14.2 Å². The van der Waals surface area contributed by atoms with Gasteiger partial charge in [-0.3, -0.25) is 14.4 Å². The SMILES string of the molecule is CC(=O)OCC(Br)C1(C)CC=C2C(C1)C(OC(C)=O)CC1C2(C)CC(OC(C)=O)C2CCC21O. The molecule has 4 rings (SSSR count). The number of esters is 3. The molecule has 34 heavy (non-hydrogen) atoms. The minimum Gasteiger partial charge on any atom is -0.465 e. The number of hydrogen-bond donors (Lipinski definition) is 1. The van der Waals surface area contributed by atoms with Crippen LogP contribution in [0.5, 0.6) is 0 Å². The molecule has 9 unspecified atom stereocenters. The molecule has 0 amide bonds. The molecule has 0 aromatic heterocycles. The number of allylic oxidation sites excluding steroid dienone is 1. The summed E-state index contributed by atoms with van der Waals surface area (Å²) in [6.07, 6.45) is 5.90. The molecular formula is C26H37BrO7. The second kappa shape index (κ2) is 8.91. The number of carbonyl (C=O) groups excluding carboxylic acids is 3. The molecule has 3 saturated carbocycles. The first-order valence-electron chi connectivity index (χ1n) is 12.3. The second-order valence-electron chi connectivity index (χ2n) is 11.4. The third kappa shape index (κ3) is 4.23. The van der Waals surface area contributed by atoms with Crippen LogP contribution in [0.3, 0.4) is 0 Å². The van der Waals surface area contributed by atoms with Crippen molar-refractivity contribution in [1.82, 2.24) is 0 Å². The van der Waals surface area contributed by atoms with E-state index in [9.17, 15) is 19.5 Å². The Hall–Kier alpha value is -1.41. The van der Waals surface area contributed by atoms with E-state index in [0.29, 0.717) is 19.3 Å². The average molecular weight is 541 g/mol. The molecule has 9 atom stereocenters. The second-order valence-corrected chi connectivity index (χ2v) is 12.5. The van der Waals surface area contributed by atoms with Crippen LogP contribution in [0.25, 0.3) is 0 Å². The summed E-state index contributed by atoms with van der Waals surface area (Å²) >= 11 is 3.75. The number of alkyl halides is 1. The van der Waals surface area contributed by atoms with E-state index >= 15 is 0 Å². The predicted octanol–water partition coefficient (Wildman–Crippen LogP) is 4.09. The van der Waals surface area contributed by atoms with Gasteiger partial charge in [0.05, 0.1) is 10.4 Å². The van der Waals surface area contributed by atoms with Crippen LogP contribution in [-0.4, -0.2) is 52.3 Å². The van der Waals surface area contributed by atoms with E-state index in [2.05, 4.69) is 35.9 Å². The maximum atomic E-state index is 12.1. The first-order valence-corrected chi connectivity index (χ1v) is 13.3. The van der Waals surface area contributed by atoms with Gasteiger partial charge in [-0.1, -0.05) is 41.4 Å². The Balaban J connectivity index is 1.70. The standard InChI is InChI=1S/C26H37BrO7/c1-14(28)32-13-23(27)24(4)8-6-18-17(11-24)20(33-15(2)29)10-22-25(18,5)12-21(34-16(3)30)19-7-9-26(19,22)31/h6,17,19-23,31H,7-13H2,1-5H3. The number of hydrogen-bond acceptors (Lipinski definition) is 7. The van der Waals surface area contributed by atoms with Gasteiger partial charge in [0, 0.05) is 38.5 Å². The number of ether oxygens (including phenoxy) is 3. The zero-order valence-electron chi connectivity index (χ0n) is 20.8. The van der Waals surface area contributed by atoms with E-state index in [0.717, 1.165) is 19.3 Å². The van der Waals surface area contributed by atoms with Crippen molar-refractivity contribution in [3.8, 4) is 0 Å². The number of aliphatic hydroxyl groups is 1. The monoisotopic (exact) mass is 540 g/mol. The maximum absolute atomic E-state index is 12.1. The molecule has 8 heteroatoms. The van der Waals surface area contributed by atoms with Crippen molar-refractivity contribution in [3.63, 3.8) is 0 Å². The van der Waals surface area contributed by atoms with Crippen molar-refractivity contribution in [3.05, 3.63) is 11.6 Å². The van der Waals surface area contributed by atoms with E-state index in [-0.39, 0.29) is 70.1 Å². The van der Waals surface area contributed by atoms with Gasteiger partial charge >= 0.3 is 17.9 Å². The lowest BCUT2D eigenvalue weighted by atomic mass is 9.41. The number of carbonyl (C=O) groups is 3. The minimum atomic E-state index is -0.925. The Morgan fingerprint density at radius 1 is 1.09 bits per heavy atom. The Kier molecular flexibility index (Phi) is 6.73. The highest BCUT2D eigenvalue weighted by Crippen LogP contribution is 2.67. The molecule has 0 saturated heterocycles. The molecule has 4 aliphatic rings.